The van der Waals surface area contributed by atoms with Crippen LogP contribution in [0.25, 0.3) is 0 Å². The number of aromatic nitrogens is 1. The second-order valence-corrected chi connectivity index (χ2v) is 6.71. The van der Waals surface area contributed by atoms with E-state index < -0.39 is 0 Å². The molecule has 2 fully saturated rings. The number of benzene rings is 1. The van der Waals surface area contributed by atoms with Gasteiger partial charge in [-0.3, -0.25) is 9.78 Å². The monoisotopic (exact) mass is 336 g/mol. The van der Waals surface area contributed by atoms with E-state index in [4.69, 9.17) is 0 Å². The largest absolute Gasteiger partial charge is 0.368 e. The Balaban J connectivity index is 1.43. The van der Waals surface area contributed by atoms with E-state index in [1.165, 1.54) is 5.69 Å². The third-order valence-electron chi connectivity index (χ3n) is 5.12. The molecule has 0 aliphatic carbocycles. The minimum absolute atomic E-state index is 0.0715. The van der Waals surface area contributed by atoms with Gasteiger partial charge in [0.15, 0.2) is 0 Å². The Hall–Kier alpha value is -2.56. The molecule has 0 spiro atoms. The first-order chi connectivity index (χ1) is 12.3. The van der Waals surface area contributed by atoms with Crippen LogP contribution in [0, 0.1) is 0 Å². The molecule has 0 saturated carbocycles. The van der Waals surface area contributed by atoms with Crippen molar-refractivity contribution in [1.82, 2.24) is 9.88 Å². The molecule has 2 aromatic rings. The van der Waals surface area contributed by atoms with Gasteiger partial charge in [-0.1, -0.05) is 18.2 Å². The molecule has 5 heteroatoms. The van der Waals surface area contributed by atoms with Gasteiger partial charge in [0.05, 0.1) is 0 Å². The second kappa shape index (κ2) is 7.13. The summed E-state index contributed by atoms with van der Waals surface area (Å²) >= 11 is 0. The van der Waals surface area contributed by atoms with Gasteiger partial charge < -0.3 is 14.7 Å². The van der Waals surface area contributed by atoms with Gasteiger partial charge in [0.25, 0.3) is 5.91 Å². The minimum atomic E-state index is 0.0715. The van der Waals surface area contributed by atoms with Crippen LogP contribution in [0.4, 0.5) is 11.4 Å². The normalized spacial score (nSPS) is 17.8. The number of pyridine rings is 1. The lowest BCUT2D eigenvalue weighted by atomic mass is 10.2. The second-order valence-electron chi connectivity index (χ2n) is 6.71. The molecule has 3 heterocycles. The first kappa shape index (κ1) is 15.9. The van der Waals surface area contributed by atoms with Crippen molar-refractivity contribution < 1.29 is 4.79 Å². The number of amides is 1. The highest BCUT2D eigenvalue weighted by Gasteiger charge is 2.22. The van der Waals surface area contributed by atoms with E-state index >= 15 is 0 Å². The van der Waals surface area contributed by atoms with Crippen LogP contribution in [0.1, 0.15) is 23.3 Å². The number of piperazine rings is 1. The Morgan fingerprint density at radius 1 is 0.800 bits per heavy atom. The van der Waals surface area contributed by atoms with Gasteiger partial charge in [0, 0.05) is 56.8 Å². The average molecular weight is 336 g/mol. The Bertz CT molecular complexity index is 719. The Labute approximate surface area is 148 Å². The Morgan fingerprint density at radius 2 is 1.44 bits per heavy atom. The van der Waals surface area contributed by atoms with Crippen LogP contribution < -0.4 is 9.80 Å². The molecule has 0 N–H and O–H groups in total. The van der Waals surface area contributed by atoms with Crippen LogP contribution in [-0.2, 0) is 0 Å². The van der Waals surface area contributed by atoms with Crippen LogP contribution in [0.15, 0.2) is 48.7 Å². The van der Waals surface area contributed by atoms with Gasteiger partial charge in [-0.2, -0.15) is 0 Å². The Kier molecular flexibility index (Phi) is 4.55. The molecular formula is C20H24N4O. The highest BCUT2D eigenvalue weighted by molar-refractivity contribution is 5.93. The van der Waals surface area contributed by atoms with Gasteiger partial charge in [-0.05, 0) is 37.1 Å². The van der Waals surface area contributed by atoms with Crippen molar-refractivity contribution in [1.29, 1.82) is 0 Å². The summed E-state index contributed by atoms with van der Waals surface area (Å²) in [5.74, 6) is 0.0715. The van der Waals surface area contributed by atoms with Crippen LogP contribution in [0.2, 0.25) is 0 Å². The molecule has 2 aliphatic heterocycles. The number of rotatable bonds is 3. The quantitative estimate of drug-likeness (QED) is 0.864. The van der Waals surface area contributed by atoms with E-state index in [1.54, 1.807) is 6.20 Å². The molecule has 130 valence electrons. The lowest BCUT2D eigenvalue weighted by Gasteiger charge is -2.37. The minimum Gasteiger partial charge on any atom is -0.368 e. The predicted octanol–water partition coefficient (Wildman–Crippen LogP) is 2.64. The fourth-order valence-corrected chi connectivity index (χ4v) is 3.68. The summed E-state index contributed by atoms with van der Waals surface area (Å²) in [4.78, 5) is 23.5. The topological polar surface area (TPSA) is 39.7 Å². The fourth-order valence-electron chi connectivity index (χ4n) is 3.68. The number of para-hydroxylation sites is 1. The number of carbonyl (C=O) groups is 1. The molecule has 4 rings (SSSR count). The summed E-state index contributed by atoms with van der Waals surface area (Å²) in [5, 5.41) is 0. The maximum Gasteiger partial charge on any atom is 0.272 e. The lowest BCUT2D eigenvalue weighted by molar-refractivity contribution is 0.0787. The van der Waals surface area contributed by atoms with Crippen molar-refractivity contribution in [2.24, 2.45) is 0 Å². The van der Waals surface area contributed by atoms with Crippen molar-refractivity contribution in [3.8, 4) is 0 Å². The van der Waals surface area contributed by atoms with Crippen LogP contribution >= 0.6 is 0 Å². The third-order valence-corrected chi connectivity index (χ3v) is 5.12. The van der Waals surface area contributed by atoms with E-state index in [0.29, 0.717) is 5.69 Å². The zero-order valence-electron chi connectivity index (χ0n) is 14.5. The molecule has 0 unspecified atom stereocenters. The fraction of sp³-hybridized carbons (Fsp3) is 0.400. The summed E-state index contributed by atoms with van der Waals surface area (Å²) in [5.41, 5.74) is 2.96. The number of nitrogens with zero attached hydrogens (tertiary/aromatic N) is 4. The van der Waals surface area contributed by atoms with E-state index in [9.17, 15) is 4.79 Å². The molecular weight excluding hydrogens is 312 g/mol. The van der Waals surface area contributed by atoms with Crippen molar-refractivity contribution in [3.05, 3.63) is 54.4 Å². The average Bonchev–Trinajstić information content (AvgIpc) is 3.23. The highest BCUT2D eigenvalue weighted by atomic mass is 16.2. The van der Waals surface area contributed by atoms with Crippen LogP contribution in [0.3, 0.4) is 0 Å². The summed E-state index contributed by atoms with van der Waals surface area (Å²) in [6.45, 7) is 5.61. The van der Waals surface area contributed by atoms with Crippen molar-refractivity contribution in [2.45, 2.75) is 12.8 Å². The molecule has 0 atom stereocenters. The smallest absolute Gasteiger partial charge is 0.272 e. The zero-order chi connectivity index (χ0) is 17.1. The number of likely N-dealkylation sites (tertiary alicyclic amines) is 1. The molecule has 1 aromatic carbocycles. The summed E-state index contributed by atoms with van der Waals surface area (Å²) < 4.78 is 0. The van der Waals surface area contributed by atoms with Gasteiger partial charge in [0.2, 0.25) is 0 Å². The number of hydrogen-bond donors (Lipinski definition) is 0. The van der Waals surface area contributed by atoms with Gasteiger partial charge >= 0.3 is 0 Å². The van der Waals surface area contributed by atoms with Gasteiger partial charge in [0.1, 0.15) is 5.69 Å². The number of carbonyl (C=O) groups excluding carboxylic acids is 1. The molecule has 0 radical (unpaired) electrons. The third kappa shape index (κ3) is 3.45. The van der Waals surface area contributed by atoms with Crippen LogP contribution in [0.5, 0.6) is 0 Å². The molecule has 2 aliphatic rings. The van der Waals surface area contributed by atoms with E-state index in [0.717, 1.165) is 57.8 Å². The summed E-state index contributed by atoms with van der Waals surface area (Å²) in [7, 11) is 0. The molecule has 5 nitrogen and oxygen atoms in total. The molecule has 2 saturated heterocycles. The summed E-state index contributed by atoms with van der Waals surface area (Å²) in [6.07, 6.45) is 3.97. The number of anilines is 2. The van der Waals surface area contributed by atoms with E-state index in [-0.39, 0.29) is 5.91 Å². The zero-order valence-corrected chi connectivity index (χ0v) is 14.5. The molecule has 25 heavy (non-hydrogen) atoms. The predicted molar refractivity (Wildman–Crippen MR) is 100 cm³/mol. The van der Waals surface area contributed by atoms with E-state index in [1.807, 2.05) is 17.0 Å². The summed E-state index contributed by atoms with van der Waals surface area (Å²) in [6, 6.07) is 14.5. The number of hydrogen-bond acceptors (Lipinski definition) is 4. The van der Waals surface area contributed by atoms with Crippen molar-refractivity contribution in [3.63, 3.8) is 0 Å². The van der Waals surface area contributed by atoms with E-state index in [2.05, 4.69) is 45.1 Å². The standard InChI is InChI=1S/C20H24N4O/c25-20(24-10-4-5-11-24)19-16-18(8-9-21-19)23-14-12-22(13-15-23)17-6-2-1-3-7-17/h1-3,6-9,16H,4-5,10-15H2. The highest BCUT2D eigenvalue weighted by Crippen LogP contribution is 2.21. The lowest BCUT2D eigenvalue weighted by Crippen LogP contribution is -2.46. The molecule has 1 amide bonds. The van der Waals surface area contributed by atoms with Crippen molar-refractivity contribution in [2.75, 3.05) is 49.1 Å². The van der Waals surface area contributed by atoms with Gasteiger partial charge in [-0.25, -0.2) is 0 Å². The SMILES string of the molecule is O=C(c1cc(N2CCN(c3ccccc3)CC2)ccn1)N1CCCC1. The molecule has 1 aromatic heterocycles. The van der Waals surface area contributed by atoms with Crippen LogP contribution in [-0.4, -0.2) is 55.1 Å². The maximum absolute atomic E-state index is 12.6. The maximum atomic E-state index is 12.6. The first-order valence-electron chi connectivity index (χ1n) is 9.11. The van der Waals surface area contributed by atoms with Crippen molar-refractivity contribution >= 4 is 17.3 Å². The first-order valence-corrected chi connectivity index (χ1v) is 9.11. The molecule has 0 bridgehead atoms. The van der Waals surface area contributed by atoms with Gasteiger partial charge in [-0.15, -0.1) is 0 Å². The Morgan fingerprint density at radius 3 is 2.12 bits per heavy atom.